The van der Waals surface area contributed by atoms with Crippen LogP contribution in [0.5, 0.6) is 5.75 Å². The van der Waals surface area contributed by atoms with Crippen molar-refractivity contribution in [1.82, 2.24) is 5.32 Å². The first-order valence-corrected chi connectivity index (χ1v) is 7.51. The predicted octanol–water partition coefficient (Wildman–Crippen LogP) is 4.24. The molecule has 0 bridgehead atoms. The summed E-state index contributed by atoms with van der Waals surface area (Å²) in [6.45, 7) is 3.14. The Morgan fingerprint density at radius 3 is 2.45 bits per heavy atom. The summed E-state index contributed by atoms with van der Waals surface area (Å²) < 4.78 is 5.59. The largest absolute Gasteiger partial charge is 0.494 e. The molecule has 2 aromatic carbocycles. The third-order valence-electron chi connectivity index (χ3n) is 3.00. The zero-order valence-corrected chi connectivity index (χ0v) is 13.2. The molecular formula is C17H19ClN2O2. The number of hydrogen-bond donors (Lipinski definition) is 2. The molecule has 0 saturated heterocycles. The number of rotatable bonds is 6. The molecule has 0 fully saturated rings. The summed E-state index contributed by atoms with van der Waals surface area (Å²) in [4.78, 5) is 11.7. The van der Waals surface area contributed by atoms with E-state index in [1.165, 1.54) is 5.56 Å². The van der Waals surface area contributed by atoms with Gasteiger partial charge in [0.15, 0.2) is 0 Å². The average molecular weight is 319 g/mol. The Kier molecular flexibility index (Phi) is 6.10. The summed E-state index contributed by atoms with van der Waals surface area (Å²) in [6.07, 6.45) is 0.738. The molecule has 5 heteroatoms. The molecule has 0 unspecified atom stereocenters. The molecule has 0 aliphatic heterocycles. The van der Waals surface area contributed by atoms with E-state index in [4.69, 9.17) is 16.3 Å². The van der Waals surface area contributed by atoms with Crippen molar-refractivity contribution >= 4 is 23.3 Å². The standard InChI is InChI=1S/C17H19ClN2O2/c1-13-3-9-16(10-4-13)22-12-2-11-19-17(21)20-15-7-5-14(18)6-8-15/h3-10H,2,11-12H2,1H3,(H2,19,20,21). The average Bonchev–Trinajstić information content (AvgIpc) is 2.51. The Labute approximate surface area is 135 Å². The van der Waals surface area contributed by atoms with Gasteiger partial charge in [0, 0.05) is 17.3 Å². The number of carbonyl (C=O) groups excluding carboxylic acids is 1. The summed E-state index contributed by atoms with van der Waals surface area (Å²) >= 11 is 5.78. The lowest BCUT2D eigenvalue weighted by Gasteiger charge is -2.09. The summed E-state index contributed by atoms with van der Waals surface area (Å²) in [5, 5.41) is 6.15. The maximum absolute atomic E-state index is 11.7. The van der Waals surface area contributed by atoms with E-state index in [2.05, 4.69) is 10.6 Å². The Bertz CT molecular complexity index is 597. The number of halogens is 1. The Morgan fingerprint density at radius 2 is 1.77 bits per heavy atom. The van der Waals surface area contributed by atoms with Crippen molar-refractivity contribution in [3.8, 4) is 5.75 Å². The lowest BCUT2D eigenvalue weighted by molar-refractivity contribution is 0.250. The number of aryl methyl sites for hydroxylation is 1. The zero-order chi connectivity index (χ0) is 15.8. The Morgan fingerprint density at radius 1 is 1.09 bits per heavy atom. The topological polar surface area (TPSA) is 50.4 Å². The molecule has 0 saturated carbocycles. The van der Waals surface area contributed by atoms with E-state index in [0.717, 1.165) is 12.2 Å². The normalized spacial score (nSPS) is 10.1. The molecule has 4 nitrogen and oxygen atoms in total. The minimum absolute atomic E-state index is 0.238. The van der Waals surface area contributed by atoms with Gasteiger partial charge in [0.1, 0.15) is 5.75 Å². The quantitative estimate of drug-likeness (QED) is 0.783. The van der Waals surface area contributed by atoms with Crippen LogP contribution in [0, 0.1) is 6.92 Å². The summed E-state index contributed by atoms with van der Waals surface area (Å²) in [6, 6.07) is 14.6. The van der Waals surface area contributed by atoms with Crippen molar-refractivity contribution in [2.75, 3.05) is 18.5 Å². The molecule has 0 heterocycles. The molecule has 2 N–H and O–H groups in total. The van der Waals surface area contributed by atoms with Gasteiger partial charge < -0.3 is 15.4 Å². The zero-order valence-electron chi connectivity index (χ0n) is 12.4. The van der Waals surface area contributed by atoms with Crippen molar-refractivity contribution in [3.63, 3.8) is 0 Å². The summed E-state index contributed by atoms with van der Waals surface area (Å²) in [7, 11) is 0. The van der Waals surface area contributed by atoms with E-state index in [-0.39, 0.29) is 6.03 Å². The van der Waals surface area contributed by atoms with Gasteiger partial charge in [-0.3, -0.25) is 0 Å². The number of nitrogens with one attached hydrogen (secondary N) is 2. The predicted molar refractivity (Wildman–Crippen MR) is 89.8 cm³/mol. The van der Waals surface area contributed by atoms with Crippen molar-refractivity contribution < 1.29 is 9.53 Å². The molecule has 2 aromatic rings. The SMILES string of the molecule is Cc1ccc(OCCCNC(=O)Nc2ccc(Cl)cc2)cc1. The molecule has 2 rings (SSSR count). The van der Waals surface area contributed by atoms with Crippen LogP contribution in [0.25, 0.3) is 0 Å². The molecule has 22 heavy (non-hydrogen) atoms. The lowest BCUT2D eigenvalue weighted by atomic mass is 10.2. The maximum atomic E-state index is 11.7. The number of urea groups is 1. The minimum atomic E-state index is -0.238. The van der Waals surface area contributed by atoms with Crippen LogP contribution in [0.3, 0.4) is 0 Å². The van der Waals surface area contributed by atoms with E-state index in [0.29, 0.717) is 23.9 Å². The van der Waals surface area contributed by atoms with Crippen LogP contribution in [0.2, 0.25) is 5.02 Å². The summed E-state index contributed by atoms with van der Waals surface area (Å²) in [5.41, 5.74) is 1.91. The Balaban J connectivity index is 1.61. The molecule has 0 aromatic heterocycles. The fourth-order valence-corrected chi connectivity index (χ4v) is 1.93. The third kappa shape index (κ3) is 5.66. The number of carbonyl (C=O) groups is 1. The fourth-order valence-electron chi connectivity index (χ4n) is 1.81. The van der Waals surface area contributed by atoms with Crippen LogP contribution >= 0.6 is 11.6 Å². The molecule has 116 valence electrons. The van der Waals surface area contributed by atoms with E-state index < -0.39 is 0 Å². The van der Waals surface area contributed by atoms with Gasteiger partial charge in [-0.15, -0.1) is 0 Å². The van der Waals surface area contributed by atoms with Crippen molar-refractivity contribution in [2.24, 2.45) is 0 Å². The van der Waals surface area contributed by atoms with Gasteiger partial charge in [0.05, 0.1) is 6.61 Å². The first kappa shape index (κ1) is 16.2. The number of amides is 2. The van der Waals surface area contributed by atoms with Gasteiger partial charge in [0.25, 0.3) is 0 Å². The van der Waals surface area contributed by atoms with Crippen LogP contribution in [0.4, 0.5) is 10.5 Å². The van der Waals surface area contributed by atoms with Crippen LogP contribution in [0.15, 0.2) is 48.5 Å². The maximum Gasteiger partial charge on any atom is 0.319 e. The molecular weight excluding hydrogens is 300 g/mol. The lowest BCUT2D eigenvalue weighted by Crippen LogP contribution is -2.30. The van der Waals surface area contributed by atoms with E-state index in [1.54, 1.807) is 24.3 Å². The summed E-state index contributed by atoms with van der Waals surface area (Å²) in [5.74, 6) is 0.844. The first-order valence-electron chi connectivity index (χ1n) is 7.13. The monoisotopic (exact) mass is 318 g/mol. The van der Waals surface area contributed by atoms with Gasteiger partial charge >= 0.3 is 6.03 Å². The number of anilines is 1. The molecule has 0 aliphatic rings. The van der Waals surface area contributed by atoms with E-state index in [9.17, 15) is 4.79 Å². The van der Waals surface area contributed by atoms with Gasteiger partial charge in [0.2, 0.25) is 0 Å². The highest BCUT2D eigenvalue weighted by molar-refractivity contribution is 6.30. The molecule has 0 radical (unpaired) electrons. The number of ether oxygens (including phenoxy) is 1. The highest BCUT2D eigenvalue weighted by Crippen LogP contribution is 2.13. The van der Waals surface area contributed by atoms with Crippen molar-refractivity contribution in [3.05, 3.63) is 59.1 Å². The molecule has 0 spiro atoms. The highest BCUT2D eigenvalue weighted by Gasteiger charge is 2.01. The second-order valence-electron chi connectivity index (χ2n) is 4.90. The smallest absolute Gasteiger partial charge is 0.319 e. The first-order chi connectivity index (χ1) is 10.6. The van der Waals surface area contributed by atoms with Gasteiger partial charge in [-0.2, -0.15) is 0 Å². The van der Waals surface area contributed by atoms with Gasteiger partial charge in [-0.1, -0.05) is 29.3 Å². The highest BCUT2D eigenvalue weighted by atomic mass is 35.5. The molecule has 0 atom stereocenters. The molecule has 0 aliphatic carbocycles. The van der Waals surface area contributed by atoms with Crippen molar-refractivity contribution in [1.29, 1.82) is 0 Å². The fraction of sp³-hybridized carbons (Fsp3) is 0.235. The third-order valence-corrected chi connectivity index (χ3v) is 3.25. The Hall–Kier alpha value is -2.20. The van der Waals surface area contributed by atoms with Gasteiger partial charge in [-0.05, 0) is 49.7 Å². The second-order valence-corrected chi connectivity index (χ2v) is 5.34. The van der Waals surface area contributed by atoms with E-state index >= 15 is 0 Å². The van der Waals surface area contributed by atoms with Gasteiger partial charge in [-0.25, -0.2) is 4.79 Å². The minimum Gasteiger partial charge on any atom is -0.494 e. The number of hydrogen-bond acceptors (Lipinski definition) is 2. The van der Waals surface area contributed by atoms with Crippen LogP contribution < -0.4 is 15.4 Å². The van der Waals surface area contributed by atoms with Crippen LogP contribution in [-0.2, 0) is 0 Å². The van der Waals surface area contributed by atoms with Crippen LogP contribution in [0.1, 0.15) is 12.0 Å². The number of benzene rings is 2. The van der Waals surface area contributed by atoms with E-state index in [1.807, 2.05) is 31.2 Å². The van der Waals surface area contributed by atoms with Crippen molar-refractivity contribution in [2.45, 2.75) is 13.3 Å². The second kappa shape index (κ2) is 8.29. The van der Waals surface area contributed by atoms with Crippen LogP contribution in [-0.4, -0.2) is 19.2 Å². The molecule has 2 amide bonds.